The first-order chi connectivity index (χ1) is 17.6. The van der Waals surface area contributed by atoms with Crippen LogP contribution in [0.4, 0.5) is 5.69 Å². The van der Waals surface area contributed by atoms with Gasteiger partial charge in [0.1, 0.15) is 0 Å². The van der Waals surface area contributed by atoms with Crippen LogP contribution in [0.25, 0.3) is 16.7 Å². The zero-order chi connectivity index (χ0) is 25.1. The van der Waals surface area contributed by atoms with Gasteiger partial charge in [0.25, 0.3) is 5.56 Å². The maximum Gasteiger partial charge on any atom is 0.263 e. The second kappa shape index (κ2) is 10.4. The Bertz CT molecular complexity index is 1590. The smallest absolute Gasteiger partial charge is 0.263 e. The highest BCUT2D eigenvalue weighted by Crippen LogP contribution is 2.25. The first-order valence-corrected chi connectivity index (χ1v) is 13.0. The van der Waals surface area contributed by atoms with Crippen LogP contribution in [0.3, 0.4) is 0 Å². The zero-order valence-electron chi connectivity index (χ0n) is 20.3. The van der Waals surface area contributed by atoms with Gasteiger partial charge in [-0.1, -0.05) is 86.3 Å². The van der Waals surface area contributed by atoms with Crippen LogP contribution < -0.4 is 10.9 Å². The number of aromatic nitrogens is 4. The van der Waals surface area contributed by atoms with E-state index in [1.165, 1.54) is 11.8 Å². The summed E-state index contributed by atoms with van der Waals surface area (Å²) in [4.78, 5) is 26.3. The Morgan fingerprint density at radius 1 is 0.889 bits per heavy atom. The molecule has 7 nitrogen and oxygen atoms in total. The number of hydrogen-bond acceptors (Lipinski definition) is 5. The van der Waals surface area contributed by atoms with E-state index in [9.17, 15) is 9.59 Å². The van der Waals surface area contributed by atoms with Crippen molar-refractivity contribution in [2.45, 2.75) is 38.4 Å². The molecule has 2 heterocycles. The molecule has 5 rings (SSSR count). The number of fused-ring (bicyclic) bond motifs is 3. The number of rotatable bonds is 8. The molecule has 3 aromatic carbocycles. The van der Waals surface area contributed by atoms with Gasteiger partial charge in [-0.3, -0.25) is 18.6 Å². The standard InChI is InChI=1S/C28H27N5O2S/c1-3-20-13-10-14-21(4-2)25(20)29-24(34)18-36-28-31-30-27-32(17-19-11-6-5-7-12-19)26(35)22-15-8-9-16-23(22)33(27)28/h5-16H,3-4,17-18H2,1-2H3,(H,29,34). The van der Waals surface area contributed by atoms with Crippen LogP contribution in [-0.2, 0) is 24.2 Å². The van der Waals surface area contributed by atoms with Crippen LogP contribution >= 0.6 is 11.8 Å². The Balaban J connectivity index is 1.48. The van der Waals surface area contributed by atoms with Crippen molar-refractivity contribution >= 4 is 40.0 Å². The van der Waals surface area contributed by atoms with E-state index >= 15 is 0 Å². The normalized spacial score (nSPS) is 11.3. The zero-order valence-corrected chi connectivity index (χ0v) is 21.1. The molecular weight excluding hydrogens is 470 g/mol. The molecule has 0 unspecified atom stereocenters. The molecule has 8 heteroatoms. The predicted molar refractivity (Wildman–Crippen MR) is 145 cm³/mol. The van der Waals surface area contributed by atoms with Crippen molar-refractivity contribution in [2.75, 3.05) is 11.1 Å². The Kier molecular flexibility index (Phi) is 6.86. The van der Waals surface area contributed by atoms with E-state index in [0.717, 1.165) is 40.7 Å². The molecule has 5 aromatic rings. The number of benzene rings is 3. The summed E-state index contributed by atoms with van der Waals surface area (Å²) in [7, 11) is 0. The van der Waals surface area contributed by atoms with E-state index in [4.69, 9.17) is 0 Å². The van der Waals surface area contributed by atoms with Crippen LogP contribution in [0.1, 0.15) is 30.5 Å². The first-order valence-electron chi connectivity index (χ1n) is 12.0. The highest BCUT2D eigenvalue weighted by molar-refractivity contribution is 7.99. The molecule has 0 aliphatic rings. The minimum atomic E-state index is -0.119. The van der Waals surface area contributed by atoms with Gasteiger partial charge in [0.05, 0.1) is 23.2 Å². The summed E-state index contributed by atoms with van der Waals surface area (Å²) in [5, 5.41) is 13.0. The number of nitrogens with one attached hydrogen (secondary N) is 1. The molecule has 1 N–H and O–H groups in total. The lowest BCUT2D eigenvalue weighted by Crippen LogP contribution is -2.24. The third-order valence-electron chi connectivity index (χ3n) is 6.26. The van der Waals surface area contributed by atoms with Gasteiger partial charge in [-0.25, -0.2) is 0 Å². The van der Waals surface area contributed by atoms with Gasteiger partial charge in [-0.2, -0.15) is 0 Å². The molecule has 182 valence electrons. The molecule has 1 amide bonds. The summed E-state index contributed by atoms with van der Waals surface area (Å²) in [6, 6.07) is 23.4. The molecule has 0 aliphatic heterocycles. The second-order valence-corrected chi connectivity index (χ2v) is 9.45. The molecule has 0 radical (unpaired) electrons. The molecule has 2 aromatic heterocycles. The van der Waals surface area contributed by atoms with Gasteiger partial charge in [-0.15, -0.1) is 10.2 Å². The minimum Gasteiger partial charge on any atom is -0.325 e. The average Bonchev–Trinajstić information content (AvgIpc) is 3.34. The maximum absolute atomic E-state index is 13.4. The van der Waals surface area contributed by atoms with Crippen molar-refractivity contribution < 1.29 is 4.79 Å². The maximum atomic E-state index is 13.4. The fraction of sp³-hybridized carbons (Fsp3) is 0.214. The fourth-order valence-corrected chi connectivity index (χ4v) is 5.18. The topological polar surface area (TPSA) is 81.3 Å². The number of carbonyl (C=O) groups is 1. The minimum absolute atomic E-state index is 0.103. The molecule has 0 spiro atoms. The molecule has 0 saturated heterocycles. The van der Waals surface area contributed by atoms with Gasteiger partial charge in [0.15, 0.2) is 5.16 Å². The molecule has 0 aliphatic carbocycles. The van der Waals surface area contributed by atoms with Crippen LogP contribution in [0, 0.1) is 0 Å². The largest absolute Gasteiger partial charge is 0.325 e. The Labute approximate surface area is 213 Å². The molecule has 0 fully saturated rings. The summed E-state index contributed by atoms with van der Waals surface area (Å²) in [5.74, 6) is 0.526. The van der Waals surface area contributed by atoms with E-state index in [1.54, 1.807) is 4.57 Å². The predicted octanol–water partition coefficient (Wildman–Crippen LogP) is 4.95. The quantitative estimate of drug-likeness (QED) is 0.307. The van der Waals surface area contributed by atoms with Gasteiger partial charge >= 0.3 is 0 Å². The lowest BCUT2D eigenvalue weighted by Gasteiger charge is -2.14. The Morgan fingerprint density at radius 2 is 1.58 bits per heavy atom. The fourth-order valence-electron chi connectivity index (χ4n) is 4.44. The van der Waals surface area contributed by atoms with Gasteiger partial charge in [0, 0.05) is 5.69 Å². The van der Waals surface area contributed by atoms with Crippen molar-refractivity contribution in [2.24, 2.45) is 0 Å². The number of carbonyl (C=O) groups excluding carboxylic acids is 1. The summed E-state index contributed by atoms with van der Waals surface area (Å²) < 4.78 is 3.51. The number of para-hydroxylation sites is 2. The van der Waals surface area contributed by atoms with E-state index < -0.39 is 0 Å². The van der Waals surface area contributed by atoms with E-state index in [-0.39, 0.29) is 17.2 Å². The first kappa shape index (κ1) is 23.8. The number of amides is 1. The van der Waals surface area contributed by atoms with Crippen molar-refractivity contribution in [3.63, 3.8) is 0 Å². The Hall–Kier alpha value is -3.91. The monoisotopic (exact) mass is 497 g/mol. The highest BCUT2D eigenvalue weighted by Gasteiger charge is 2.18. The van der Waals surface area contributed by atoms with Crippen molar-refractivity contribution in [3.05, 3.63) is 99.8 Å². The van der Waals surface area contributed by atoms with Crippen LogP contribution in [0.15, 0.2) is 82.7 Å². The summed E-state index contributed by atoms with van der Waals surface area (Å²) in [6.45, 7) is 4.55. The van der Waals surface area contributed by atoms with Crippen molar-refractivity contribution in [1.29, 1.82) is 0 Å². The number of nitrogens with zero attached hydrogens (tertiary/aromatic N) is 4. The number of aryl methyl sites for hydroxylation is 2. The Morgan fingerprint density at radius 3 is 2.31 bits per heavy atom. The number of thioether (sulfide) groups is 1. The number of anilines is 1. The van der Waals surface area contributed by atoms with E-state index in [0.29, 0.717) is 22.9 Å². The highest BCUT2D eigenvalue weighted by atomic mass is 32.2. The van der Waals surface area contributed by atoms with Crippen LogP contribution in [0.5, 0.6) is 0 Å². The van der Waals surface area contributed by atoms with Crippen molar-refractivity contribution in [3.8, 4) is 0 Å². The molecular formula is C28H27N5O2S. The number of hydrogen-bond donors (Lipinski definition) is 1. The summed E-state index contributed by atoms with van der Waals surface area (Å²) in [6.07, 6.45) is 1.69. The van der Waals surface area contributed by atoms with Crippen LogP contribution in [-0.4, -0.2) is 30.8 Å². The average molecular weight is 498 g/mol. The lowest BCUT2D eigenvalue weighted by molar-refractivity contribution is -0.113. The van der Waals surface area contributed by atoms with Gasteiger partial charge in [-0.05, 0) is 41.7 Å². The SMILES string of the molecule is CCc1cccc(CC)c1NC(=O)CSc1nnc2n(Cc3ccccc3)c(=O)c3ccccc3n12. The lowest BCUT2D eigenvalue weighted by atomic mass is 10.0. The van der Waals surface area contributed by atoms with E-state index in [1.807, 2.05) is 77.2 Å². The van der Waals surface area contributed by atoms with Gasteiger partial charge < -0.3 is 5.32 Å². The molecule has 0 bridgehead atoms. The molecule has 0 saturated carbocycles. The van der Waals surface area contributed by atoms with Crippen molar-refractivity contribution in [1.82, 2.24) is 19.2 Å². The third kappa shape index (κ3) is 4.52. The summed E-state index contributed by atoms with van der Waals surface area (Å²) in [5.41, 5.74) is 4.75. The van der Waals surface area contributed by atoms with E-state index in [2.05, 4.69) is 29.4 Å². The molecule has 0 atom stereocenters. The van der Waals surface area contributed by atoms with Gasteiger partial charge in [0.2, 0.25) is 11.7 Å². The second-order valence-electron chi connectivity index (χ2n) is 8.51. The summed E-state index contributed by atoms with van der Waals surface area (Å²) >= 11 is 1.31. The molecule has 36 heavy (non-hydrogen) atoms. The van der Waals surface area contributed by atoms with Crippen LogP contribution in [0.2, 0.25) is 0 Å². The third-order valence-corrected chi connectivity index (χ3v) is 7.19.